The van der Waals surface area contributed by atoms with Crippen LogP contribution in [0.15, 0.2) is 0 Å². The number of aliphatic carboxylic acids is 1. The van der Waals surface area contributed by atoms with E-state index < -0.39 is 48.6 Å². The first kappa shape index (κ1) is 15.2. The second-order valence-electron chi connectivity index (χ2n) is 3.59. The van der Waals surface area contributed by atoms with Crippen LogP contribution in [0.3, 0.4) is 0 Å². The van der Waals surface area contributed by atoms with Crippen molar-refractivity contribution in [1.82, 2.24) is 0 Å². The topological polar surface area (TPSA) is 118 Å². The van der Waals surface area contributed by atoms with Gasteiger partial charge in [0.15, 0.2) is 6.10 Å². The van der Waals surface area contributed by atoms with Gasteiger partial charge >= 0.3 is 11.9 Å². The zero-order chi connectivity index (χ0) is 13.6. The molecule has 0 radical (unpaired) electrons. The summed E-state index contributed by atoms with van der Waals surface area (Å²) in [4.78, 5) is 43.1. The molecule has 0 amide bonds. The fourth-order valence-corrected chi connectivity index (χ4v) is 1.01. The second-order valence-corrected chi connectivity index (χ2v) is 3.59. The summed E-state index contributed by atoms with van der Waals surface area (Å²) in [5, 5.41) is 17.8. The van der Waals surface area contributed by atoms with Gasteiger partial charge in [0.05, 0.1) is 6.42 Å². The standard InChI is InChI=1S/C10H14O7/c1-5(11)3-7(13)10(16)17-8(9(14)15)4-6(2)12/h7-8,13H,3-4H2,1-2H3,(H,14,15). The summed E-state index contributed by atoms with van der Waals surface area (Å²) in [6.45, 7) is 2.32. The number of carboxylic acid groups (broad SMARTS) is 1. The van der Waals surface area contributed by atoms with Gasteiger partial charge in [-0.2, -0.15) is 0 Å². The number of aliphatic hydroxyl groups excluding tert-OH is 1. The smallest absolute Gasteiger partial charge is 0.345 e. The zero-order valence-electron chi connectivity index (χ0n) is 9.50. The summed E-state index contributed by atoms with van der Waals surface area (Å²) < 4.78 is 4.42. The number of carbonyl (C=O) groups excluding carboxylic acids is 3. The number of rotatable bonds is 7. The Morgan fingerprint density at radius 3 is 1.88 bits per heavy atom. The van der Waals surface area contributed by atoms with Crippen molar-refractivity contribution in [2.24, 2.45) is 0 Å². The van der Waals surface area contributed by atoms with E-state index in [9.17, 15) is 24.3 Å². The van der Waals surface area contributed by atoms with Crippen LogP contribution >= 0.6 is 0 Å². The van der Waals surface area contributed by atoms with Crippen molar-refractivity contribution in [1.29, 1.82) is 0 Å². The molecule has 0 aliphatic carbocycles. The molecule has 0 aromatic carbocycles. The lowest BCUT2D eigenvalue weighted by molar-refractivity contribution is -0.171. The lowest BCUT2D eigenvalue weighted by Gasteiger charge is -2.14. The molecule has 7 heteroatoms. The van der Waals surface area contributed by atoms with E-state index in [1.807, 2.05) is 0 Å². The second kappa shape index (κ2) is 6.74. The van der Waals surface area contributed by atoms with Crippen molar-refractivity contribution in [3.05, 3.63) is 0 Å². The van der Waals surface area contributed by atoms with Gasteiger partial charge in [0.25, 0.3) is 0 Å². The normalized spacial score (nSPS) is 13.6. The molecule has 2 N–H and O–H groups in total. The molecular weight excluding hydrogens is 232 g/mol. The molecule has 0 aliphatic heterocycles. The zero-order valence-corrected chi connectivity index (χ0v) is 9.50. The molecule has 0 aromatic heterocycles. The number of ketones is 2. The highest BCUT2D eigenvalue weighted by atomic mass is 16.6. The number of aliphatic hydroxyl groups is 1. The van der Waals surface area contributed by atoms with Crippen molar-refractivity contribution in [2.45, 2.75) is 38.9 Å². The van der Waals surface area contributed by atoms with Crippen LogP contribution in [-0.4, -0.2) is 45.9 Å². The highest BCUT2D eigenvalue weighted by molar-refractivity contribution is 5.88. The molecule has 2 atom stereocenters. The van der Waals surface area contributed by atoms with Crippen LogP contribution in [0.25, 0.3) is 0 Å². The van der Waals surface area contributed by atoms with Gasteiger partial charge in [-0.05, 0) is 13.8 Å². The van der Waals surface area contributed by atoms with Gasteiger partial charge in [0, 0.05) is 6.42 Å². The molecule has 0 saturated heterocycles. The van der Waals surface area contributed by atoms with Crippen molar-refractivity contribution >= 4 is 23.5 Å². The van der Waals surface area contributed by atoms with E-state index in [-0.39, 0.29) is 0 Å². The molecule has 96 valence electrons. The molecule has 0 aromatic rings. The van der Waals surface area contributed by atoms with Crippen molar-refractivity contribution < 1.29 is 34.1 Å². The maximum Gasteiger partial charge on any atom is 0.345 e. The van der Waals surface area contributed by atoms with E-state index >= 15 is 0 Å². The van der Waals surface area contributed by atoms with E-state index in [0.29, 0.717) is 0 Å². The highest BCUT2D eigenvalue weighted by Gasteiger charge is 2.27. The lowest BCUT2D eigenvalue weighted by atomic mass is 10.2. The van der Waals surface area contributed by atoms with Gasteiger partial charge in [0.2, 0.25) is 6.10 Å². The maximum atomic E-state index is 11.2. The summed E-state index contributed by atoms with van der Waals surface area (Å²) >= 11 is 0. The molecular formula is C10H14O7. The minimum atomic E-state index is -1.71. The summed E-state index contributed by atoms with van der Waals surface area (Å²) in [6.07, 6.45) is -4.28. The Bertz CT molecular complexity index is 334. The molecule has 0 heterocycles. The highest BCUT2D eigenvalue weighted by Crippen LogP contribution is 2.05. The van der Waals surface area contributed by atoms with E-state index in [4.69, 9.17) is 5.11 Å². The predicted octanol–water partition coefficient (Wildman–Crippen LogP) is -0.698. The Morgan fingerprint density at radius 1 is 1.06 bits per heavy atom. The van der Waals surface area contributed by atoms with Crippen LogP contribution < -0.4 is 0 Å². The number of esters is 1. The van der Waals surface area contributed by atoms with Crippen LogP contribution in [0.1, 0.15) is 26.7 Å². The monoisotopic (exact) mass is 246 g/mol. The Balaban J connectivity index is 4.44. The number of hydrogen-bond donors (Lipinski definition) is 2. The quantitative estimate of drug-likeness (QED) is 0.570. The first-order valence-electron chi connectivity index (χ1n) is 4.84. The van der Waals surface area contributed by atoms with Crippen LogP contribution in [0, 0.1) is 0 Å². The van der Waals surface area contributed by atoms with Gasteiger partial charge in [-0.3, -0.25) is 9.59 Å². The van der Waals surface area contributed by atoms with Crippen molar-refractivity contribution in [3.8, 4) is 0 Å². The fraction of sp³-hybridized carbons (Fsp3) is 0.600. The van der Waals surface area contributed by atoms with E-state index in [1.54, 1.807) is 0 Å². The number of carbonyl (C=O) groups is 4. The van der Waals surface area contributed by atoms with Gasteiger partial charge in [-0.15, -0.1) is 0 Å². The van der Waals surface area contributed by atoms with Gasteiger partial charge in [-0.1, -0.05) is 0 Å². The summed E-state index contributed by atoms with van der Waals surface area (Å²) in [5.74, 6) is -3.61. The van der Waals surface area contributed by atoms with Gasteiger partial charge in [0.1, 0.15) is 11.6 Å². The maximum absolute atomic E-state index is 11.2. The molecule has 7 nitrogen and oxygen atoms in total. The van der Waals surface area contributed by atoms with Crippen LogP contribution in [0.4, 0.5) is 0 Å². The molecule has 0 aliphatic rings. The van der Waals surface area contributed by atoms with Gasteiger partial charge < -0.3 is 14.9 Å². The predicted molar refractivity (Wildman–Crippen MR) is 54.1 cm³/mol. The third-order valence-corrected chi connectivity index (χ3v) is 1.76. The van der Waals surface area contributed by atoms with Crippen LogP contribution in [0.5, 0.6) is 0 Å². The molecule has 0 fully saturated rings. The first-order valence-corrected chi connectivity index (χ1v) is 4.84. The van der Waals surface area contributed by atoms with Crippen LogP contribution in [-0.2, 0) is 23.9 Å². The van der Waals surface area contributed by atoms with Crippen LogP contribution in [0.2, 0.25) is 0 Å². The molecule has 0 spiro atoms. The molecule has 2 unspecified atom stereocenters. The first-order chi connectivity index (χ1) is 7.73. The molecule has 0 bridgehead atoms. The number of hydrogen-bond acceptors (Lipinski definition) is 6. The Kier molecular flexibility index (Phi) is 6.05. The van der Waals surface area contributed by atoms with E-state index in [2.05, 4.69) is 4.74 Å². The minimum Gasteiger partial charge on any atom is -0.478 e. The Hall–Kier alpha value is -1.76. The number of Topliss-reactive ketones (excluding diaryl/α,β-unsaturated/α-hetero) is 2. The molecule has 0 saturated carbocycles. The Morgan fingerprint density at radius 2 is 1.53 bits per heavy atom. The number of ether oxygens (including phenoxy) is 1. The summed E-state index contributed by atoms with van der Waals surface area (Å²) in [6, 6.07) is 0. The summed E-state index contributed by atoms with van der Waals surface area (Å²) in [7, 11) is 0. The van der Waals surface area contributed by atoms with Crippen molar-refractivity contribution in [2.75, 3.05) is 0 Å². The molecule has 17 heavy (non-hydrogen) atoms. The minimum absolute atomic E-state index is 0.437. The third-order valence-electron chi connectivity index (χ3n) is 1.76. The third kappa shape index (κ3) is 6.41. The van der Waals surface area contributed by atoms with E-state index in [1.165, 1.54) is 6.92 Å². The van der Waals surface area contributed by atoms with Gasteiger partial charge in [-0.25, -0.2) is 9.59 Å². The SMILES string of the molecule is CC(=O)CC(O)C(=O)OC(CC(C)=O)C(=O)O. The largest absolute Gasteiger partial charge is 0.478 e. The Labute approximate surface area is 97.4 Å². The average molecular weight is 246 g/mol. The van der Waals surface area contributed by atoms with E-state index in [0.717, 1.165) is 6.92 Å². The van der Waals surface area contributed by atoms with Crippen molar-refractivity contribution in [3.63, 3.8) is 0 Å². The fourth-order valence-electron chi connectivity index (χ4n) is 1.01. The number of carboxylic acids is 1. The lowest BCUT2D eigenvalue weighted by Crippen LogP contribution is -2.34. The molecule has 0 rings (SSSR count). The summed E-state index contributed by atoms with van der Waals surface area (Å²) in [5.41, 5.74) is 0. The average Bonchev–Trinajstić information content (AvgIpc) is 2.14.